The molecule has 0 aliphatic carbocycles. The van der Waals surface area contributed by atoms with Crippen molar-refractivity contribution < 1.29 is 0 Å². The molecule has 3 heterocycles. The summed E-state index contributed by atoms with van der Waals surface area (Å²) in [5.74, 6) is 1.66. The van der Waals surface area contributed by atoms with Gasteiger partial charge in [0, 0.05) is 26.2 Å². The summed E-state index contributed by atoms with van der Waals surface area (Å²) >= 11 is 0. The summed E-state index contributed by atoms with van der Waals surface area (Å²) < 4.78 is 0. The van der Waals surface area contributed by atoms with Gasteiger partial charge in [-0.25, -0.2) is 9.97 Å². The highest BCUT2D eigenvalue weighted by atomic mass is 15.3. The molecule has 0 bridgehead atoms. The minimum absolute atomic E-state index is 0.434. The Morgan fingerprint density at radius 1 is 0.727 bits per heavy atom. The molecule has 0 amide bonds. The second-order valence-electron chi connectivity index (χ2n) is 4.96. The van der Waals surface area contributed by atoms with Crippen molar-refractivity contribution in [2.45, 2.75) is 0 Å². The van der Waals surface area contributed by atoms with Crippen LogP contribution in [0.15, 0.2) is 36.4 Å². The lowest BCUT2D eigenvalue weighted by molar-refractivity contribution is 0.641. The maximum Gasteiger partial charge on any atom is 0.142 e. The quantitative estimate of drug-likeness (QED) is 0.834. The van der Waals surface area contributed by atoms with E-state index in [1.807, 2.05) is 24.3 Å². The van der Waals surface area contributed by atoms with E-state index in [-0.39, 0.29) is 0 Å². The minimum atomic E-state index is 0.434. The van der Waals surface area contributed by atoms with Crippen molar-refractivity contribution in [3.8, 4) is 12.1 Å². The van der Waals surface area contributed by atoms with Crippen LogP contribution in [0.3, 0.4) is 0 Å². The predicted octanol–water partition coefficient (Wildman–Crippen LogP) is 1.55. The number of rotatable bonds is 2. The molecule has 22 heavy (non-hydrogen) atoms. The molecule has 6 nitrogen and oxygen atoms in total. The fourth-order valence-electron chi connectivity index (χ4n) is 2.49. The number of hydrogen-bond acceptors (Lipinski definition) is 6. The largest absolute Gasteiger partial charge is 0.353 e. The molecule has 0 unspecified atom stereocenters. The number of nitrogens with zero attached hydrogens (tertiary/aromatic N) is 6. The Labute approximate surface area is 128 Å². The summed E-state index contributed by atoms with van der Waals surface area (Å²) in [6.07, 6.45) is 0. The van der Waals surface area contributed by atoms with Crippen LogP contribution in [0, 0.1) is 22.7 Å². The minimum Gasteiger partial charge on any atom is -0.353 e. The van der Waals surface area contributed by atoms with E-state index in [0.29, 0.717) is 11.4 Å². The van der Waals surface area contributed by atoms with Gasteiger partial charge in [0.05, 0.1) is 0 Å². The first-order chi connectivity index (χ1) is 10.8. The van der Waals surface area contributed by atoms with E-state index in [1.165, 1.54) is 0 Å². The second-order valence-corrected chi connectivity index (χ2v) is 4.96. The van der Waals surface area contributed by atoms with E-state index in [0.717, 1.165) is 37.8 Å². The lowest BCUT2D eigenvalue weighted by atomic mass is 10.2. The van der Waals surface area contributed by atoms with Gasteiger partial charge < -0.3 is 9.80 Å². The smallest absolute Gasteiger partial charge is 0.142 e. The van der Waals surface area contributed by atoms with Gasteiger partial charge in [0.25, 0.3) is 0 Å². The van der Waals surface area contributed by atoms with Crippen LogP contribution in [0.2, 0.25) is 0 Å². The van der Waals surface area contributed by atoms with Gasteiger partial charge in [0.15, 0.2) is 0 Å². The zero-order valence-corrected chi connectivity index (χ0v) is 12.0. The molecule has 1 saturated heterocycles. The second kappa shape index (κ2) is 6.11. The lowest BCUT2D eigenvalue weighted by Gasteiger charge is -2.36. The van der Waals surface area contributed by atoms with Crippen LogP contribution in [0.4, 0.5) is 11.6 Å². The number of nitriles is 2. The van der Waals surface area contributed by atoms with Gasteiger partial charge in [0.2, 0.25) is 0 Å². The maximum absolute atomic E-state index is 8.93. The lowest BCUT2D eigenvalue weighted by Crippen LogP contribution is -2.47. The summed E-state index contributed by atoms with van der Waals surface area (Å²) in [6.45, 7) is 3.22. The number of piperazine rings is 1. The molecule has 0 atom stereocenters. The van der Waals surface area contributed by atoms with E-state index < -0.39 is 0 Å². The zero-order valence-electron chi connectivity index (χ0n) is 12.0. The van der Waals surface area contributed by atoms with E-state index in [2.05, 4.69) is 31.9 Å². The van der Waals surface area contributed by atoms with Crippen molar-refractivity contribution in [1.82, 2.24) is 9.97 Å². The Morgan fingerprint density at radius 2 is 1.14 bits per heavy atom. The van der Waals surface area contributed by atoms with E-state index in [9.17, 15) is 0 Å². The normalized spacial score (nSPS) is 14.3. The molecule has 0 N–H and O–H groups in total. The van der Waals surface area contributed by atoms with Crippen LogP contribution >= 0.6 is 0 Å². The molecule has 6 heteroatoms. The highest BCUT2D eigenvalue weighted by Crippen LogP contribution is 2.18. The summed E-state index contributed by atoms with van der Waals surface area (Å²) in [5, 5.41) is 17.9. The third-order valence-electron chi connectivity index (χ3n) is 3.63. The molecule has 0 aromatic carbocycles. The SMILES string of the molecule is N#Cc1cccc(N2CCN(c3cccc(C#N)n3)CC2)n1. The highest BCUT2D eigenvalue weighted by molar-refractivity contribution is 5.47. The Kier molecular flexibility index (Phi) is 3.84. The number of hydrogen-bond donors (Lipinski definition) is 0. The molecule has 2 aromatic heterocycles. The van der Waals surface area contributed by atoms with Crippen LogP contribution in [0.1, 0.15) is 11.4 Å². The van der Waals surface area contributed by atoms with Crippen molar-refractivity contribution >= 4 is 11.6 Å². The fourth-order valence-corrected chi connectivity index (χ4v) is 2.49. The topological polar surface area (TPSA) is 79.8 Å². The van der Waals surface area contributed by atoms with Gasteiger partial charge in [-0.1, -0.05) is 12.1 Å². The third kappa shape index (κ3) is 2.82. The van der Waals surface area contributed by atoms with Crippen molar-refractivity contribution in [1.29, 1.82) is 10.5 Å². The molecule has 0 radical (unpaired) electrons. The van der Waals surface area contributed by atoms with Crippen molar-refractivity contribution in [2.75, 3.05) is 36.0 Å². The van der Waals surface area contributed by atoms with E-state index in [4.69, 9.17) is 10.5 Å². The Morgan fingerprint density at radius 3 is 1.50 bits per heavy atom. The van der Waals surface area contributed by atoms with Gasteiger partial charge in [0.1, 0.15) is 35.2 Å². The van der Waals surface area contributed by atoms with Crippen LogP contribution in [0.25, 0.3) is 0 Å². The molecule has 0 spiro atoms. The van der Waals surface area contributed by atoms with Gasteiger partial charge >= 0.3 is 0 Å². The molecule has 0 saturated carbocycles. The first kappa shape index (κ1) is 13.8. The first-order valence-electron chi connectivity index (χ1n) is 7.04. The molecule has 3 rings (SSSR count). The molecular weight excluding hydrogens is 276 g/mol. The number of aromatic nitrogens is 2. The fraction of sp³-hybridized carbons (Fsp3) is 0.250. The molecular formula is C16H14N6. The average molecular weight is 290 g/mol. The van der Waals surface area contributed by atoms with E-state index in [1.54, 1.807) is 12.1 Å². The van der Waals surface area contributed by atoms with Gasteiger partial charge in [-0.15, -0.1) is 0 Å². The first-order valence-corrected chi connectivity index (χ1v) is 7.04. The molecule has 108 valence electrons. The summed E-state index contributed by atoms with van der Waals surface area (Å²) in [7, 11) is 0. The Balaban J connectivity index is 1.70. The molecule has 1 aliphatic heterocycles. The number of pyridine rings is 2. The van der Waals surface area contributed by atoms with Crippen molar-refractivity contribution in [3.05, 3.63) is 47.8 Å². The standard InChI is InChI=1S/C16H14N6/c17-11-13-3-1-5-15(19-13)21-7-9-22(10-8-21)16-6-2-4-14(12-18)20-16/h1-6H,7-10H2. The van der Waals surface area contributed by atoms with Crippen LogP contribution < -0.4 is 9.80 Å². The average Bonchev–Trinajstić information content (AvgIpc) is 2.62. The third-order valence-corrected chi connectivity index (χ3v) is 3.63. The van der Waals surface area contributed by atoms with Crippen LogP contribution in [0.5, 0.6) is 0 Å². The maximum atomic E-state index is 8.93. The molecule has 1 aliphatic rings. The monoisotopic (exact) mass is 290 g/mol. The number of anilines is 2. The Hall–Kier alpha value is -3.12. The summed E-state index contributed by atoms with van der Waals surface area (Å²) in [6, 6.07) is 15.1. The summed E-state index contributed by atoms with van der Waals surface area (Å²) in [4.78, 5) is 13.0. The van der Waals surface area contributed by atoms with Crippen molar-refractivity contribution in [3.63, 3.8) is 0 Å². The highest BCUT2D eigenvalue weighted by Gasteiger charge is 2.19. The van der Waals surface area contributed by atoms with Crippen molar-refractivity contribution in [2.24, 2.45) is 0 Å². The summed E-state index contributed by atoms with van der Waals surface area (Å²) in [5.41, 5.74) is 0.867. The van der Waals surface area contributed by atoms with E-state index >= 15 is 0 Å². The van der Waals surface area contributed by atoms with Gasteiger partial charge in [-0.3, -0.25) is 0 Å². The molecule has 1 fully saturated rings. The van der Waals surface area contributed by atoms with Crippen LogP contribution in [-0.4, -0.2) is 36.1 Å². The zero-order chi connectivity index (χ0) is 15.4. The van der Waals surface area contributed by atoms with Gasteiger partial charge in [-0.2, -0.15) is 10.5 Å². The Bertz CT molecular complexity index is 684. The van der Waals surface area contributed by atoms with Gasteiger partial charge in [-0.05, 0) is 24.3 Å². The predicted molar refractivity (Wildman–Crippen MR) is 82.3 cm³/mol. The molecule has 2 aromatic rings. The van der Waals surface area contributed by atoms with Crippen LogP contribution in [-0.2, 0) is 0 Å².